The highest BCUT2D eigenvalue weighted by molar-refractivity contribution is 6.35. The zero-order valence-corrected chi connectivity index (χ0v) is 68.3. The molecule has 119 heavy (non-hydrogen) atoms. The molecule has 0 radical (unpaired) electrons. The van der Waals surface area contributed by atoms with E-state index in [1.807, 2.05) is 0 Å². The Hall–Kier alpha value is -6.09. The summed E-state index contributed by atoms with van der Waals surface area (Å²) < 4.78 is 101. The van der Waals surface area contributed by atoms with Crippen LogP contribution in [0.25, 0.3) is 17.4 Å². The van der Waals surface area contributed by atoms with Gasteiger partial charge in [0, 0.05) is 55.2 Å². The molecule has 13 aliphatic rings. The van der Waals surface area contributed by atoms with Crippen molar-refractivity contribution in [1.82, 2.24) is 0 Å². The number of aliphatic hydroxyl groups is 12. The molecule has 15 rings (SSSR count). The van der Waals surface area contributed by atoms with Gasteiger partial charge < -0.3 is 152 Å². The van der Waals surface area contributed by atoms with E-state index in [0.29, 0.717) is 12.8 Å². The van der Waals surface area contributed by atoms with E-state index in [4.69, 9.17) is 75.8 Å². The number of phenols is 3. The summed E-state index contributed by atoms with van der Waals surface area (Å²) in [6, 6.07) is 0. The van der Waals surface area contributed by atoms with Crippen LogP contribution < -0.4 is 19.9 Å². The number of rotatable bonds is 20. The Kier molecular flexibility index (Phi) is 24.0. The highest BCUT2D eigenvalue weighted by Crippen LogP contribution is 2.69. The summed E-state index contributed by atoms with van der Waals surface area (Å²) in [6.45, 7) is 14.1. The monoisotopic (exact) mass is 1680 g/mol. The predicted octanol–water partition coefficient (Wildman–Crippen LogP) is 0.510. The highest BCUT2D eigenvalue weighted by Gasteiger charge is 2.82. The van der Waals surface area contributed by atoms with Gasteiger partial charge in [0.1, 0.15) is 70.7 Å². The molecule has 4 bridgehead atoms. The van der Waals surface area contributed by atoms with Crippen molar-refractivity contribution in [1.29, 1.82) is 0 Å². The fourth-order valence-electron chi connectivity index (χ4n) is 21.7. The molecule has 3 saturated carbocycles. The van der Waals surface area contributed by atoms with Crippen molar-refractivity contribution in [2.45, 2.75) is 346 Å². The van der Waals surface area contributed by atoms with Crippen LogP contribution in [0.4, 0.5) is 0 Å². The van der Waals surface area contributed by atoms with Crippen LogP contribution in [0.15, 0.2) is 5.76 Å². The van der Waals surface area contributed by atoms with E-state index in [0.717, 1.165) is 21.3 Å². The first kappa shape index (κ1) is 87.8. The molecule has 6 aliphatic carbocycles. The number of allylic oxidation sites excluding steroid dienone is 1. The minimum atomic E-state index is -3.17. The van der Waals surface area contributed by atoms with E-state index in [-0.39, 0.29) is 63.0 Å². The number of benzene rings is 2. The Morgan fingerprint density at radius 1 is 0.521 bits per heavy atom. The van der Waals surface area contributed by atoms with Gasteiger partial charge in [-0.3, -0.25) is 24.0 Å². The van der Waals surface area contributed by atoms with Crippen LogP contribution in [0.3, 0.4) is 0 Å². The van der Waals surface area contributed by atoms with Crippen LogP contribution in [-0.2, 0) is 75.9 Å². The largest absolute Gasteiger partial charge is 0.507 e. The molecule has 0 spiro atoms. The van der Waals surface area contributed by atoms with Crippen molar-refractivity contribution in [3.05, 3.63) is 44.0 Å². The lowest BCUT2D eigenvalue weighted by Gasteiger charge is -2.62. The summed E-state index contributed by atoms with van der Waals surface area (Å²) in [4.78, 5) is 77.5. The minimum Gasteiger partial charge on any atom is -0.507 e. The van der Waals surface area contributed by atoms with Gasteiger partial charge in [-0.05, 0) is 99.3 Å². The number of ether oxygens (including phenoxy) is 16. The standard InChI is InChI=1S/C83H112O36/c1-13-22-80(101)77(117-45-19-16-43(31(5)108-45)114-47-21-24-79(100,34(8)84)35(9)112-47)67(96)70(115-48-27-40(86)59(88)32(6)110-48)38-26-36-25-37-51(61(90)50(36)75(98)82(38,80)102)62(91)55(73(106-12)69(37)104-10)54-63(92)52-53(66(95)72(54)105-11)64(93)56-57(65(52)94)76(99)83(103)58-71(56)119-81(83,23-14-2)78(68(97)74(58)116-49-28-41(87)60(89)33(7)111-49)118-46-20-17-42(30(4)109-46)113-44-18-15-39(85)29(3)107-44/h25,29-33,35-36,38-50,58-60,67-68,70-71,74,77-78,85-89,91,93-97,100-103H,13-24,26-28H2,1-12H3/t29-,30-,31-,32+,33+,35-,36?,38?,39-,40-,41-,42+,43+,44-,45+,46+,47-,48+,49?,50?,58?,59+,60+,67?,68?,70?,71?,74?,77?,78?,79+,80?,81?,82?,83?/m1/s1. The molecule has 2 aromatic rings. The van der Waals surface area contributed by atoms with E-state index in [1.54, 1.807) is 41.5 Å². The number of aliphatic hydroxyl groups excluding tert-OH is 8. The molecule has 2 aromatic carbocycles. The van der Waals surface area contributed by atoms with E-state index < -0.39 is 345 Å². The third kappa shape index (κ3) is 13.5. The molecule has 660 valence electrons. The highest BCUT2D eigenvalue weighted by atomic mass is 16.8. The smallest absolute Gasteiger partial charge is 0.202 e. The van der Waals surface area contributed by atoms with Crippen molar-refractivity contribution in [2.75, 3.05) is 21.3 Å². The Morgan fingerprint density at radius 3 is 1.60 bits per heavy atom. The van der Waals surface area contributed by atoms with Crippen molar-refractivity contribution in [3.63, 3.8) is 0 Å². The number of Topliss-reactive ketones (excluding diaryl/α,β-unsaturated/α-hetero) is 5. The van der Waals surface area contributed by atoms with Gasteiger partial charge in [-0.1, -0.05) is 32.8 Å². The van der Waals surface area contributed by atoms with Gasteiger partial charge in [0.2, 0.25) is 11.6 Å². The second-order valence-corrected chi connectivity index (χ2v) is 34.6. The second kappa shape index (κ2) is 32.5. The fraction of sp³-hybridized carbons (Fsp3) is 0.747. The average Bonchev–Trinajstić information content (AvgIpc) is 1.62. The summed E-state index contributed by atoms with van der Waals surface area (Å²) in [5.41, 5.74) is -18.4. The number of ketones is 5. The molecule has 7 heterocycles. The summed E-state index contributed by atoms with van der Waals surface area (Å²) in [5, 5.41) is 184. The SMILES string of the molecule is CCCC1(O)C(O[C@H]2CC[C@H](O[C@@H]3CC[C@](O)(C(C)=O)[C@@H](C)O3)[C@@H](C)O2)C(O)C(O[C@H]2C[C@@H](O)[C@@H](O)[C@H](C)O2)C2CC3C=c4c(OC)c(OC)c(=C5C(=O)c6c(O)c7c(c(O)c6C(O)=C5OC)C5OC6(CCC)C(O[C@H]8CC[C@H](O[C@@H]9CC[C@@H](O)[C@@H](C)O9)[C@@H](C)O8)C(O)C(OC8C[C@@H](O)[C@@H](O)[C@H](C)O8)C5C6(O)C7=O)c(O)c4C(=O)C3C(=O)C21O. The first-order chi connectivity index (χ1) is 56.3. The van der Waals surface area contributed by atoms with Gasteiger partial charge in [0.05, 0.1) is 152 Å². The van der Waals surface area contributed by atoms with Gasteiger partial charge in [-0.25, -0.2) is 0 Å². The van der Waals surface area contributed by atoms with E-state index in [2.05, 4.69) is 0 Å². The Bertz CT molecular complexity index is 4430. The number of fused-ring (bicyclic) bond motifs is 6. The third-order valence-corrected chi connectivity index (χ3v) is 27.9. The number of carbonyl (C=O) groups excluding carboxylic acids is 5. The predicted molar refractivity (Wildman–Crippen MR) is 402 cm³/mol. The van der Waals surface area contributed by atoms with Gasteiger partial charge in [-0.2, -0.15) is 0 Å². The summed E-state index contributed by atoms with van der Waals surface area (Å²) in [7, 11) is 3.16. The maximum Gasteiger partial charge on any atom is 0.202 e. The van der Waals surface area contributed by atoms with Crippen molar-refractivity contribution in [3.8, 4) is 28.7 Å². The molecule has 10 fully saturated rings. The van der Waals surface area contributed by atoms with Crippen LogP contribution in [0.2, 0.25) is 0 Å². The van der Waals surface area contributed by atoms with Crippen molar-refractivity contribution in [2.24, 2.45) is 23.7 Å². The van der Waals surface area contributed by atoms with E-state index >= 15 is 19.2 Å². The molecular weight excluding hydrogens is 1570 g/mol. The first-order valence-electron chi connectivity index (χ1n) is 41.5. The van der Waals surface area contributed by atoms with Crippen LogP contribution in [0.1, 0.15) is 207 Å². The van der Waals surface area contributed by atoms with Crippen molar-refractivity contribution >= 4 is 46.3 Å². The number of carbonyl (C=O) groups is 5. The molecule has 16 unspecified atom stereocenters. The molecule has 15 N–H and O–H groups in total. The lowest BCUT2D eigenvalue weighted by atomic mass is 9.50. The van der Waals surface area contributed by atoms with E-state index in [9.17, 15) is 81.4 Å². The van der Waals surface area contributed by atoms with Crippen LogP contribution in [-0.4, -0.2) is 309 Å². The lowest BCUT2D eigenvalue weighted by Crippen LogP contribution is -2.81. The number of methoxy groups -OCH3 is 3. The van der Waals surface area contributed by atoms with Gasteiger partial charge in [-0.15, -0.1) is 0 Å². The molecule has 36 heteroatoms. The molecule has 35 atom stereocenters. The number of aromatic hydroxyl groups is 3. The van der Waals surface area contributed by atoms with Gasteiger partial charge in [0.25, 0.3) is 0 Å². The van der Waals surface area contributed by atoms with Crippen LogP contribution >= 0.6 is 0 Å². The molecule has 0 aromatic heterocycles. The zero-order chi connectivity index (χ0) is 86.0. The summed E-state index contributed by atoms with van der Waals surface area (Å²) in [5.74, 6) is -19.6. The summed E-state index contributed by atoms with van der Waals surface area (Å²) in [6.07, 6.45) is -32.1. The van der Waals surface area contributed by atoms with E-state index in [1.165, 1.54) is 26.8 Å². The first-order valence-corrected chi connectivity index (χ1v) is 41.5. The maximum atomic E-state index is 16.4. The molecule has 36 nitrogen and oxygen atoms in total. The average molecular weight is 1690 g/mol. The Morgan fingerprint density at radius 2 is 1.06 bits per heavy atom. The van der Waals surface area contributed by atoms with Crippen LogP contribution in [0.5, 0.6) is 28.7 Å². The maximum absolute atomic E-state index is 16.4. The number of hydrogen-bond acceptors (Lipinski definition) is 36. The number of phenolic OH excluding ortho intramolecular Hbond substituents is 3. The van der Waals surface area contributed by atoms with Gasteiger partial charge >= 0.3 is 0 Å². The zero-order valence-electron chi connectivity index (χ0n) is 68.3. The molecule has 7 saturated heterocycles. The lowest BCUT2D eigenvalue weighted by molar-refractivity contribution is -0.363. The Balaban J connectivity index is 0.807. The minimum absolute atomic E-state index is 0.00140. The van der Waals surface area contributed by atoms with Crippen LogP contribution in [0, 0.1) is 23.7 Å². The van der Waals surface area contributed by atoms with Crippen molar-refractivity contribution < 1.29 is 176 Å². The fourth-order valence-corrected chi connectivity index (χ4v) is 21.7. The Labute approximate surface area is 684 Å². The molecular formula is C83H112O36. The molecule has 7 aliphatic heterocycles. The topological polar surface area (TPSA) is 536 Å². The third-order valence-electron chi connectivity index (χ3n) is 27.9. The molecule has 0 amide bonds. The quantitative estimate of drug-likeness (QED) is 0.0488. The normalized spacial score (nSPS) is 45.5. The second-order valence-electron chi connectivity index (χ2n) is 34.6. The summed E-state index contributed by atoms with van der Waals surface area (Å²) >= 11 is 0. The van der Waals surface area contributed by atoms with Gasteiger partial charge in [0.15, 0.2) is 89.3 Å². The number of hydrogen-bond donors (Lipinski definition) is 15.